The van der Waals surface area contributed by atoms with E-state index in [9.17, 15) is 9.90 Å². The number of phenolic OH excluding ortho intramolecular Hbond substituents is 1. The average Bonchev–Trinajstić information content (AvgIpc) is 2.35. The molecular weight excluding hydrogens is 381 g/mol. The van der Waals surface area contributed by atoms with Crippen LogP contribution < -0.4 is 16.0 Å². The monoisotopic (exact) mass is 397 g/mol. The molecule has 1 aromatic rings. The summed E-state index contributed by atoms with van der Waals surface area (Å²) in [5, 5.41) is 17.7. The third-order valence-corrected chi connectivity index (χ3v) is 3.54. The minimum atomic E-state index is -1.81. The summed E-state index contributed by atoms with van der Waals surface area (Å²) < 4.78 is -1.81. The molecule has 0 aliphatic heterocycles. The van der Waals surface area contributed by atoms with Crippen molar-refractivity contribution in [3.05, 3.63) is 24.3 Å². The van der Waals surface area contributed by atoms with E-state index in [1.807, 2.05) is 0 Å². The number of hydrogen-bond donors (Lipinski definition) is 4. The molecule has 0 fully saturated rings. The van der Waals surface area contributed by atoms with Crippen LogP contribution in [0, 0.1) is 5.41 Å². The molecule has 0 aliphatic rings. The maximum absolute atomic E-state index is 12.1. The number of halogens is 3. The van der Waals surface area contributed by atoms with Crippen LogP contribution in [-0.2, 0) is 4.79 Å². The van der Waals surface area contributed by atoms with Crippen molar-refractivity contribution in [2.24, 2.45) is 5.41 Å². The molecule has 5 nitrogen and oxygen atoms in total. The molecule has 1 atom stereocenters. The average molecular weight is 399 g/mol. The number of amides is 1. The molecule has 0 saturated heterocycles. The fraction of sp³-hybridized carbons (Fsp3) is 0.429. The minimum absolute atomic E-state index is 0.0803. The first-order valence-electron chi connectivity index (χ1n) is 6.64. The zero-order valence-electron chi connectivity index (χ0n) is 12.8. The molecule has 128 valence electrons. The molecular formula is C14H18Cl3N3O2S. The second-order valence-corrected chi connectivity index (χ2v) is 8.62. The Hall–Kier alpha value is -0.950. The van der Waals surface area contributed by atoms with Crippen LogP contribution in [0.15, 0.2) is 24.3 Å². The van der Waals surface area contributed by atoms with Gasteiger partial charge >= 0.3 is 0 Å². The highest BCUT2D eigenvalue weighted by Gasteiger charge is 2.36. The molecule has 0 radical (unpaired) electrons. The van der Waals surface area contributed by atoms with Gasteiger partial charge in [-0.3, -0.25) is 4.79 Å². The fourth-order valence-corrected chi connectivity index (χ4v) is 1.99. The van der Waals surface area contributed by atoms with Gasteiger partial charge in [0.2, 0.25) is 9.70 Å². The van der Waals surface area contributed by atoms with Crippen molar-refractivity contribution in [1.29, 1.82) is 0 Å². The van der Waals surface area contributed by atoms with Gasteiger partial charge in [0.25, 0.3) is 0 Å². The van der Waals surface area contributed by atoms with Crippen LogP contribution in [0.2, 0.25) is 0 Å². The Morgan fingerprint density at radius 1 is 1.22 bits per heavy atom. The molecule has 0 spiro atoms. The van der Waals surface area contributed by atoms with E-state index >= 15 is 0 Å². The Bertz CT molecular complexity index is 585. The van der Waals surface area contributed by atoms with Crippen molar-refractivity contribution in [2.45, 2.75) is 30.7 Å². The summed E-state index contributed by atoms with van der Waals surface area (Å²) in [5.41, 5.74) is -0.108. The summed E-state index contributed by atoms with van der Waals surface area (Å²) in [6.45, 7) is 5.21. The molecule has 9 heteroatoms. The van der Waals surface area contributed by atoms with Gasteiger partial charge in [-0.15, -0.1) is 0 Å². The summed E-state index contributed by atoms with van der Waals surface area (Å²) >= 11 is 22.8. The fourth-order valence-electron chi connectivity index (χ4n) is 1.43. The standard InChI is InChI=1S/C14H18Cl3N3O2S/c1-13(2,3)11(22)19-10(14(15,16)17)20-12(23)18-8-5-4-6-9(21)7-8/h4-7,10,21H,1-3H3,(H,19,22)(H2,18,20,23)/t10-/m0/s1. The molecule has 23 heavy (non-hydrogen) atoms. The highest BCUT2D eigenvalue weighted by atomic mass is 35.6. The third kappa shape index (κ3) is 6.99. The number of aromatic hydroxyl groups is 1. The van der Waals surface area contributed by atoms with Crippen LogP contribution >= 0.6 is 47.0 Å². The van der Waals surface area contributed by atoms with Gasteiger partial charge in [0.15, 0.2) is 5.11 Å². The zero-order chi connectivity index (χ0) is 17.8. The van der Waals surface area contributed by atoms with E-state index in [1.165, 1.54) is 12.1 Å². The Labute approximate surface area is 155 Å². The van der Waals surface area contributed by atoms with Gasteiger partial charge in [0.05, 0.1) is 0 Å². The Morgan fingerprint density at radius 2 is 1.83 bits per heavy atom. The third-order valence-electron chi connectivity index (χ3n) is 2.66. The van der Waals surface area contributed by atoms with E-state index in [0.717, 1.165) is 0 Å². The first kappa shape index (κ1) is 20.1. The molecule has 0 aliphatic carbocycles. The van der Waals surface area contributed by atoms with Crippen molar-refractivity contribution in [3.8, 4) is 5.75 Å². The van der Waals surface area contributed by atoms with Gasteiger partial charge in [0.1, 0.15) is 11.9 Å². The lowest BCUT2D eigenvalue weighted by Crippen LogP contribution is -2.58. The van der Waals surface area contributed by atoms with Crippen molar-refractivity contribution >= 4 is 63.7 Å². The first-order chi connectivity index (χ1) is 10.4. The van der Waals surface area contributed by atoms with Crippen LogP contribution in [0.5, 0.6) is 5.75 Å². The van der Waals surface area contributed by atoms with Crippen molar-refractivity contribution in [3.63, 3.8) is 0 Å². The number of benzene rings is 1. The number of nitrogens with one attached hydrogen (secondary N) is 3. The molecule has 1 rings (SSSR count). The molecule has 1 amide bonds. The molecule has 1 aromatic carbocycles. The van der Waals surface area contributed by atoms with Gasteiger partial charge in [-0.05, 0) is 24.4 Å². The summed E-state index contributed by atoms with van der Waals surface area (Å²) in [5.74, 6) is -0.224. The molecule has 0 bridgehead atoms. The van der Waals surface area contributed by atoms with E-state index in [1.54, 1.807) is 32.9 Å². The Kier molecular flexibility index (Phi) is 6.77. The molecule has 0 heterocycles. The predicted octanol–water partition coefficient (Wildman–Crippen LogP) is 3.54. The van der Waals surface area contributed by atoms with Gasteiger partial charge < -0.3 is 21.1 Å². The van der Waals surface area contributed by atoms with E-state index in [0.29, 0.717) is 5.69 Å². The highest BCUT2D eigenvalue weighted by molar-refractivity contribution is 7.80. The van der Waals surface area contributed by atoms with Crippen LogP contribution in [-0.4, -0.2) is 26.1 Å². The van der Waals surface area contributed by atoms with E-state index in [4.69, 9.17) is 47.0 Å². The quantitative estimate of drug-likeness (QED) is 0.356. The number of hydrogen-bond acceptors (Lipinski definition) is 3. The van der Waals surface area contributed by atoms with Gasteiger partial charge in [-0.25, -0.2) is 0 Å². The summed E-state index contributed by atoms with van der Waals surface area (Å²) in [4.78, 5) is 12.1. The van der Waals surface area contributed by atoms with Crippen LogP contribution in [0.4, 0.5) is 5.69 Å². The SMILES string of the molecule is CC(C)(C)C(=O)N[C@@H](NC(=S)Nc1cccc(O)c1)C(Cl)(Cl)Cl. The lowest BCUT2D eigenvalue weighted by Gasteiger charge is -2.30. The number of carbonyl (C=O) groups is 1. The maximum Gasteiger partial charge on any atom is 0.228 e. The number of carbonyl (C=O) groups excluding carboxylic acids is 1. The normalized spacial score (nSPS) is 13.1. The molecule has 0 unspecified atom stereocenters. The van der Waals surface area contributed by atoms with E-state index < -0.39 is 15.4 Å². The number of anilines is 1. The smallest absolute Gasteiger partial charge is 0.228 e. The van der Waals surface area contributed by atoms with Crippen LogP contribution in [0.25, 0.3) is 0 Å². The second kappa shape index (κ2) is 7.75. The lowest BCUT2D eigenvalue weighted by molar-refractivity contribution is -0.129. The predicted molar refractivity (Wildman–Crippen MR) is 99.1 cm³/mol. The van der Waals surface area contributed by atoms with Crippen molar-refractivity contribution < 1.29 is 9.90 Å². The van der Waals surface area contributed by atoms with E-state index in [-0.39, 0.29) is 16.8 Å². The lowest BCUT2D eigenvalue weighted by atomic mass is 9.95. The largest absolute Gasteiger partial charge is 0.508 e. The second-order valence-electron chi connectivity index (χ2n) is 5.85. The summed E-state index contributed by atoms with van der Waals surface area (Å²) in [6.07, 6.45) is -1.03. The van der Waals surface area contributed by atoms with Gasteiger partial charge in [-0.1, -0.05) is 61.6 Å². The van der Waals surface area contributed by atoms with Gasteiger partial charge in [0, 0.05) is 17.2 Å². The number of phenols is 1. The topological polar surface area (TPSA) is 73.4 Å². The van der Waals surface area contributed by atoms with Crippen molar-refractivity contribution in [1.82, 2.24) is 10.6 Å². The number of alkyl halides is 3. The summed E-state index contributed by atoms with van der Waals surface area (Å²) in [6, 6.07) is 6.35. The number of thiocarbonyl (C=S) groups is 1. The van der Waals surface area contributed by atoms with Gasteiger partial charge in [-0.2, -0.15) is 0 Å². The van der Waals surface area contributed by atoms with Crippen LogP contribution in [0.3, 0.4) is 0 Å². The zero-order valence-corrected chi connectivity index (χ0v) is 15.9. The Morgan fingerprint density at radius 3 is 2.30 bits per heavy atom. The Balaban J connectivity index is 2.78. The molecule has 4 N–H and O–H groups in total. The highest BCUT2D eigenvalue weighted by Crippen LogP contribution is 2.30. The molecule has 0 saturated carbocycles. The van der Waals surface area contributed by atoms with E-state index in [2.05, 4.69) is 16.0 Å². The number of rotatable bonds is 3. The molecule has 0 aromatic heterocycles. The van der Waals surface area contributed by atoms with Crippen LogP contribution in [0.1, 0.15) is 20.8 Å². The summed E-state index contributed by atoms with van der Waals surface area (Å²) in [7, 11) is 0. The minimum Gasteiger partial charge on any atom is -0.508 e. The maximum atomic E-state index is 12.1. The van der Waals surface area contributed by atoms with Crippen molar-refractivity contribution in [2.75, 3.05) is 5.32 Å². The first-order valence-corrected chi connectivity index (χ1v) is 8.18.